The molecular formula is C23H45NO4. The van der Waals surface area contributed by atoms with Crippen molar-refractivity contribution in [1.82, 2.24) is 5.32 Å². The molecule has 28 heavy (non-hydrogen) atoms. The molecule has 1 amide bonds. The molecular weight excluding hydrogens is 354 g/mol. The molecule has 0 aromatic rings. The zero-order valence-corrected chi connectivity index (χ0v) is 18.9. The van der Waals surface area contributed by atoms with Crippen LogP contribution in [0.15, 0.2) is 0 Å². The molecule has 166 valence electrons. The first-order chi connectivity index (χ1) is 13.5. The third-order valence-corrected chi connectivity index (χ3v) is 4.71. The summed E-state index contributed by atoms with van der Waals surface area (Å²) in [5, 5.41) is 2.66. The van der Waals surface area contributed by atoms with E-state index in [0.717, 1.165) is 25.7 Å². The molecule has 0 saturated heterocycles. The Morgan fingerprint density at radius 3 is 1.82 bits per heavy atom. The molecule has 1 unspecified atom stereocenters. The van der Waals surface area contributed by atoms with Crippen LogP contribution in [-0.4, -0.2) is 31.3 Å². The minimum absolute atomic E-state index is 0.267. The lowest BCUT2D eigenvalue weighted by molar-refractivity contribution is -0.146. The minimum Gasteiger partial charge on any atom is -0.464 e. The molecule has 0 saturated carbocycles. The Labute approximate surface area is 173 Å². The van der Waals surface area contributed by atoms with Crippen molar-refractivity contribution < 1.29 is 19.1 Å². The summed E-state index contributed by atoms with van der Waals surface area (Å²) in [5.41, 5.74) is 0. The van der Waals surface area contributed by atoms with E-state index in [-0.39, 0.29) is 11.9 Å². The standard InChI is InChI=1S/C23H45NO4/c1-5-7-9-10-11-12-13-14-15-16-18-27-22(25)21(17-8-6-2)24-23(26)28-19-20(3)4/h20-21H,5-19H2,1-4H3,(H,24,26). The van der Waals surface area contributed by atoms with Crippen LogP contribution >= 0.6 is 0 Å². The first kappa shape index (κ1) is 26.7. The summed E-state index contributed by atoms with van der Waals surface area (Å²) in [6.45, 7) is 9.03. The maximum absolute atomic E-state index is 12.3. The Morgan fingerprint density at radius 2 is 1.29 bits per heavy atom. The first-order valence-electron chi connectivity index (χ1n) is 11.6. The lowest BCUT2D eigenvalue weighted by Crippen LogP contribution is -2.42. The van der Waals surface area contributed by atoms with Crippen molar-refractivity contribution in [3.8, 4) is 0 Å². The molecule has 1 atom stereocenters. The molecule has 0 heterocycles. The van der Waals surface area contributed by atoms with Crippen LogP contribution in [0.1, 0.15) is 111 Å². The molecule has 5 nitrogen and oxygen atoms in total. The number of hydrogen-bond acceptors (Lipinski definition) is 4. The smallest absolute Gasteiger partial charge is 0.407 e. The van der Waals surface area contributed by atoms with E-state index in [1.165, 1.54) is 51.4 Å². The van der Waals surface area contributed by atoms with Crippen LogP contribution in [0.2, 0.25) is 0 Å². The van der Waals surface area contributed by atoms with Gasteiger partial charge in [0, 0.05) is 0 Å². The highest BCUT2D eigenvalue weighted by molar-refractivity contribution is 5.81. The zero-order chi connectivity index (χ0) is 21.0. The van der Waals surface area contributed by atoms with Gasteiger partial charge >= 0.3 is 12.1 Å². The highest BCUT2D eigenvalue weighted by Gasteiger charge is 2.22. The molecule has 0 aliphatic heterocycles. The van der Waals surface area contributed by atoms with Gasteiger partial charge in [-0.2, -0.15) is 0 Å². The number of rotatable bonds is 18. The number of amides is 1. The van der Waals surface area contributed by atoms with Gasteiger partial charge in [-0.3, -0.25) is 0 Å². The Balaban J connectivity index is 3.87. The van der Waals surface area contributed by atoms with E-state index >= 15 is 0 Å². The van der Waals surface area contributed by atoms with E-state index < -0.39 is 12.1 Å². The van der Waals surface area contributed by atoms with Crippen molar-refractivity contribution >= 4 is 12.1 Å². The van der Waals surface area contributed by atoms with Gasteiger partial charge in [0.1, 0.15) is 6.04 Å². The number of esters is 1. The molecule has 0 fully saturated rings. The third kappa shape index (κ3) is 16.9. The Bertz CT molecular complexity index is 385. The number of carbonyl (C=O) groups excluding carboxylic acids is 2. The van der Waals surface area contributed by atoms with Crippen LogP contribution in [0.4, 0.5) is 4.79 Å². The molecule has 0 aliphatic rings. The number of carbonyl (C=O) groups is 2. The van der Waals surface area contributed by atoms with E-state index in [9.17, 15) is 9.59 Å². The number of nitrogens with one attached hydrogen (secondary N) is 1. The molecule has 0 aromatic carbocycles. The molecule has 0 aliphatic carbocycles. The lowest BCUT2D eigenvalue weighted by Gasteiger charge is -2.18. The van der Waals surface area contributed by atoms with E-state index in [4.69, 9.17) is 9.47 Å². The van der Waals surface area contributed by atoms with Gasteiger partial charge in [0.05, 0.1) is 13.2 Å². The summed E-state index contributed by atoms with van der Waals surface area (Å²) >= 11 is 0. The van der Waals surface area contributed by atoms with E-state index in [1.807, 2.05) is 13.8 Å². The van der Waals surface area contributed by atoms with Crippen molar-refractivity contribution in [1.29, 1.82) is 0 Å². The highest BCUT2D eigenvalue weighted by Crippen LogP contribution is 2.11. The molecule has 0 spiro atoms. The maximum Gasteiger partial charge on any atom is 0.407 e. The van der Waals surface area contributed by atoms with Crippen molar-refractivity contribution in [2.24, 2.45) is 5.92 Å². The fraction of sp³-hybridized carbons (Fsp3) is 0.913. The second-order valence-electron chi connectivity index (χ2n) is 8.18. The van der Waals surface area contributed by atoms with Crippen LogP contribution in [-0.2, 0) is 14.3 Å². The Kier molecular flexibility index (Phi) is 18.2. The molecule has 1 N–H and O–H groups in total. The van der Waals surface area contributed by atoms with Gasteiger partial charge in [0.15, 0.2) is 0 Å². The summed E-state index contributed by atoms with van der Waals surface area (Å²) in [6, 6.07) is -0.609. The quantitative estimate of drug-likeness (QED) is 0.214. The number of unbranched alkanes of at least 4 members (excludes halogenated alkanes) is 10. The van der Waals surface area contributed by atoms with Crippen LogP contribution < -0.4 is 5.32 Å². The minimum atomic E-state index is -0.609. The summed E-state index contributed by atoms with van der Waals surface area (Å²) in [7, 11) is 0. The molecule has 0 aromatic heterocycles. The van der Waals surface area contributed by atoms with Gasteiger partial charge in [0.2, 0.25) is 0 Å². The summed E-state index contributed by atoms with van der Waals surface area (Å²) in [4.78, 5) is 24.1. The van der Waals surface area contributed by atoms with Crippen LogP contribution in [0.5, 0.6) is 0 Å². The summed E-state index contributed by atoms with van der Waals surface area (Å²) in [5.74, 6) is -0.0750. The number of hydrogen-bond donors (Lipinski definition) is 1. The van der Waals surface area contributed by atoms with Gasteiger partial charge in [-0.25, -0.2) is 9.59 Å². The zero-order valence-electron chi connectivity index (χ0n) is 18.9. The fourth-order valence-electron chi connectivity index (χ4n) is 2.95. The highest BCUT2D eigenvalue weighted by atomic mass is 16.6. The average Bonchev–Trinajstić information content (AvgIpc) is 2.67. The Hall–Kier alpha value is -1.26. The summed E-state index contributed by atoms with van der Waals surface area (Å²) < 4.78 is 10.5. The molecule has 5 heteroatoms. The second kappa shape index (κ2) is 19.1. The van der Waals surface area contributed by atoms with Gasteiger partial charge in [-0.15, -0.1) is 0 Å². The van der Waals surface area contributed by atoms with Gasteiger partial charge in [-0.1, -0.05) is 98.3 Å². The normalized spacial score (nSPS) is 12.0. The van der Waals surface area contributed by atoms with E-state index in [0.29, 0.717) is 19.6 Å². The number of ether oxygens (including phenoxy) is 2. The topological polar surface area (TPSA) is 64.6 Å². The number of alkyl carbamates (subject to hydrolysis) is 1. The molecule has 0 bridgehead atoms. The van der Waals surface area contributed by atoms with Gasteiger partial charge in [-0.05, 0) is 18.8 Å². The largest absolute Gasteiger partial charge is 0.464 e. The maximum atomic E-state index is 12.3. The third-order valence-electron chi connectivity index (χ3n) is 4.71. The predicted molar refractivity (Wildman–Crippen MR) is 115 cm³/mol. The van der Waals surface area contributed by atoms with Crippen molar-refractivity contribution in [2.75, 3.05) is 13.2 Å². The first-order valence-corrected chi connectivity index (χ1v) is 11.6. The van der Waals surface area contributed by atoms with E-state index in [1.54, 1.807) is 0 Å². The van der Waals surface area contributed by atoms with Gasteiger partial charge in [0.25, 0.3) is 0 Å². The van der Waals surface area contributed by atoms with Gasteiger partial charge < -0.3 is 14.8 Å². The monoisotopic (exact) mass is 399 g/mol. The van der Waals surface area contributed by atoms with Crippen LogP contribution in [0.3, 0.4) is 0 Å². The SMILES string of the molecule is CCCCCCCCCCCCOC(=O)C(CCCC)NC(=O)OCC(C)C. The predicted octanol–water partition coefficient (Wildman–Crippen LogP) is 6.39. The van der Waals surface area contributed by atoms with Crippen molar-refractivity contribution in [3.63, 3.8) is 0 Å². The van der Waals surface area contributed by atoms with Crippen LogP contribution in [0, 0.1) is 5.92 Å². The molecule has 0 radical (unpaired) electrons. The van der Waals surface area contributed by atoms with E-state index in [2.05, 4.69) is 19.2 Å². The molecule has 0 rings (SSSR count). The van der Waals surface area contributed by atoms with Crippen molar-refractivity contribution in [3.05, 3.63) is 0 Å². The van der Waals surface area contributed by atoms with Crippen molar-refractivity contribution in [2.45, 2.75) is 117 Å². The van der Waals surface area contributed by atoms with Crippen LogP contribution in [0.25, 0.3) is 0 Å². The second-order valence-corrected chi connectivity index (χ2v) is 8.18. The lowest BCUT2D eigenvalue weighted by atomic mass is 10.1. The summed E-state index contributed by atoms with van der Waals surface area (Å²) in [6.07, 6.45) is 14.3. The average molecular weight is 400 g/mol. The Morgan fingerprint density at radius 1 is 0.750 bits per heavy atom. The fourth-order valence-corrected chi connectivity index (χ4v) is 2.95.